The fraction of sp³-hybridized carbons (Fsp3) is 0.304. The van der Waals surface area contributed by atoms with Crippen molar-refractivity contribution in [3.63, 3.8) is 0 Å². The highest BCUT2D eigenvalue weighted by atomic mass is 32.2. The molecule has 1 atom stereocenters. The predicted molar refractivity (Wildman–Crippen MR) is 120 cm³/mol. The van der Waals surface area contributed by atoms with E-state index in [9.17, 15) is 13.2 Å². The number of rotatable bonds is 6. The highest BCUT2D eigenvalue weighted by Gasteiger charge is 2.28. The smallest absolute Gasteiger partial charge is 0.277 e. The molecule has 0 saturated carbocycles. The lowest BCUT2D eigenvalue weighted by Crippen LogP contribution is -2.39. The molecule has 168 valence electrons. The van der Waals surface area contributed by atoms with E-state index in [4.69, 9.17) is 9.26 Å². The fourth-order valence-electron chi connectivity index (χ4n) is 3.69. The average molecular weight is 456 g/mol. The molecule has 1 fully saturated rings. The molecule has 9 heteroatoms. The Morgan fingerprint density at radius 1 is 1.16 bits per heavy atom. The molecule has 1 aromatic heterocycles. The van der Waals surface area contributed by atoms with Crippen LogP contribution in [0.2, 0.25) is 0 Å². The van der Waals surface area contributed by atoms with Crippen LogP contribution < -0.4 is 10.1 Å². The summed E-state index contributed by atoms with van der Waals surface area (Å²) in [6.45, 7) is 3.13. The maximum absolute atomic E-state index is 12.9. The van der Waals surface area contributed by atoms with Gasteiger partial charge in [0.2, 0.25) is 10.0 Å². The molecule has 8 nitrogen and oxygen atoms in total. The van der Waals surface area contributed by atoms with Gasteiger partial charge in [0.15, 0.2) is 11.5 Å². The minimum absolute atomic E-state index is 0.120. The zero-order valence-corrected chi connectivity index (χ0v) is 18.8. The number of amides is 1. The first-order chi connectivity index (χ1) is 15.4. The number of piperidine rings is 1. The third kappa shape index (κ3) is 4.68. The van der Waals surface area contributed by atoms with Crippen LogP contribution in [0.15, 0.2) is 64.0 Å². The van der Waals surface area contributed by atoms with E-state index in [1.165, 1.54) is 16.4 Å². The van der Waals surface area contributed by atoms with Crippen LogP contribution in [-0.2, 0) is 10.0 Å². The highest BCUT2D eigenvalue weighted by molar-refractivity contribution is 7.89. The second kappa shape index (κ2) is 9.13. The Labute approximate surface area is 187 Å². The molecule has 0 radical (unpaired) electrons. The number of anilines is 1. The summed E-state index contributed by atoms with van der Waals surface area (Å²) in [6.07, 6.45) is 1.91. The summed E-state index contributed by atoms with van der Waals surface area (Å²) in [5.74, 6) is 1.07. The molecule has 1 saturated heterocycles. The molecule has 1 amide bonds. The van der Waals surface area contributed by atoms with E-state index < -0.39 is 15.9 Å². The van der Waals surface area contributed by atoms with Gasteiger partial charge in [0, 0.05) is 30.4 Å². The predicted octanol–water partition coefficient (Wildman–Crippen LogP) is 4.02. The summed E-state index contributed by atoms with van der Waals surface area (Å²) in [7, 11) is -1.96. The van der Waals surface area contributed by atoms with Crippen molar-refractivity contribution in [2.45, 2.75) is 24.7 Å². The molecule has 4 rings (SSSR count). The highest BCUT2D eigenvalue weighted by Crippen LogP contribution is 2.25. The average Bonchev–Trinajstić information content (AvgIpc) is 3.30. The standard InChI is InChI=1S/C23H25N3O5S/c1-16-4-3-13-26(15-16)32(28,29)20-11-7-18(8-12-20)24-23(27)21-14-22(31-25-21)17-5-9-19(30-2)10-6-17/h5-12,14,16H,3-4,13,15H2,1-2H3,(H,24,27)/t16-/m0/s1. The molecule has 2 aromatic carbocycles. The Morgan fingerprint density at radius 3 is 2.53 bits per heavy atom. The number of sulfonamides is 1. The van der Waals surface area contributed by atoms with Crippen molar-refractivity contribution in [1.82, 2.24) is 9.46 Å². The summed E-state index contributed by atoms with van der Waals surface area (Å²) >= 11 is 0. The van der Waals surface area contributed by atoms with Gasteiger partial charge in [0.1, 0.15) is 5.75 Å². The van der Waals surface area contributed by atoms with Gasteiger partial charge >= 0.3 is 0 Å². The Hall–Kier alpha value is -3.17. The van der Waals surface area contributed by atoms with Gasteiger partial charge in [-0.25, -0.2) is 8.42 Å². The van der Waals surface area contributed by atoms with Gasteiger partial charge < -0.3 is 14.6 Å². The monoisotopic (exact) mass is 455 g/mol. The molecule has 1 aliphatic rings. The lowest BCUT2D eigenvalue weighted by atomic mass is 10.0. The van der Waals surface area contributed by atoms with Crippen molar-refractivity contribution < 1.29 is 22.5 Å². The van der Waals surface area contributed by atoms with Crippen molar-refractivity contribution in [1.29, 1.82) is 0 Å². The normalized spacial score (nSPS) is 17.1. The van der Waals surface area contributed by atoms with Gasteiger partial charge in [-0.15, -0.1) is 0 Å². The van der Waals surface area contributed by atoms with Gasteiger partial charge in [0.05, 0.1) is 12.0 Å². The number of ether oxygens (including phenoxy) is 1. The molecule has 1 N–H and O–H groups in total. The maximum Gasteiger partial charge on any atom is 0.277 e. The largest absolute Gasteiger partial charge is 0.497 e. The molecule has 0 aliphatic carbocycles. The number of aromatic nitrogens is 1. The van der Waals surface area contributed by atoms with Crippen molar-refractivity contribution in [3.8, 4) is 17.1 Å². The quantitative estimate of drug-likeness (QED) is 0.602. The first-order valence-corrected chi connectivity index (χ1v) is 11.8. The van der Waals surface area contributed by atoms with Crippen LogP contribution >= 0.6 is 0 Å². The number of benzene rings is 2. The molecule has 0 spiro atoms. The van der Waals surface area contributed by atoms with E-state index in [1.54, 1.807) is 37.4 Å². The summed E-state index contributed by atoms with van der Waals surface area (Å²) in [4.78, 5) is 12.8. The van der Waals surface area contributed by atoms with Crippen LogP contribution in [0.3, 0.4) is 0 Å². The Morgan fingerprint density at radius 2 is 1.88 bits per heavy atom. The molecule has 0 bridgehead atoms. The molecule has 3 aromatic rings. The lowest BCUT2D eigenvalue weighted by Gasteiger charge is -2.30. The number of nitrogens with one attached hydrogen (secondary N) is 1. The molecule has 1 aliphatic heterocycles. The third-order valence-corrected chi connectivity index (χ3v) is 7.37. The van der Waals surface area contributed by atoms with Crippen molar-refractivity contribution in [3.05, 3.63) is 60.3 Å². The maximum atomic E-state index is 12.9. The Balaban J connectivity index is 1.43. The first-order valence-electron chi connectivity index (χ1n) is 10.4. The zero-order valence-electron chi connectivity index (χ0n) is 17.9. The Bertz CT molecular complexity index is 1190. The van der Waals surface area contributed by atoms with Gasteiger partial charge in [-0.05, 0) is 67.3 Å². The molecular formula is C23H25N3O5S. The summed E-state index contributed by atoms with van der Waals surface area (Å²) in [5.41, 5.74) is 1.35. The van der Waals surface area contributed by atoms with Crippen LogP contribution in [0.25, 0.3) is 11.3 Å². The lowest BCUT2D eigenvalue weighted by molar-refractivity contribution is 0.101. The molecule has 0 unspecified atom stereocenters. The first kappa shape index (κ1) is 22.0. The van der Waals surface area contributed by atoms with E-state index in [0.29, 0.717) is 36.2 Å². The summed E-state index contributed by atoms with van der Waals surface area (Å²) < 4.78 is 37.7. The third-order valence-electron chi connectivity index (χ3n) is 5.49. The van der Waals surface area contributed by atoms with Crippen molar-refractivity contribution in [2.24, 2.45) is 5.92 Å². The van der Waals surface area contributed by atoms with Gasteiger partial charge in [-0.1, -0.05) is 12.1 Å². The second-order valence-corrected chi connectivity index (χ2v) is 9.83. The van der Waals surface area contributed by atoms with Gasteiger partial charge in [-0.3, -0.25) is 4.79 Å². The van der Waals surface area contributed by atoms with Crippen molar-refractivity contribution in [2.75, 3.05) is 25.5 Å². The van der Waals surface area contributed by atoms with Crippen LogP contribution in [0.4, 0.5) is 5.69 Å². The molecule has 2 heterocycles. The van der Waals surface area contributed by atoms with E-state index in [0.717, 1.165) is 18.4 Å². The zero-order chi connectivity index (χ0) is 22.7. The molecule has 32 heavy (non-hydrogen) atoms. The fourth-order valence-corrected chi connectivity index (χ4v) is 5.29. The van der Waals surface area contributed by atoms with E-state index in [1.807, 2.05) is 12.1 Å². The minimum Gasteiger partial charge on any atom is -0.497 e. The van der Waals surface area contributed by atoms with Crippen LogP contribution in [0.5, 0.6) is 5.75 Å². The number of hydrogen-bond acceptors (Lipinski definition) is 6. The van der Waals surface area contributed by atoms with Crippen LogP contribution in [0, 0.1) is 5.92 Å². The van der Waals surface area contributed by atoms with Gasteiger partial charge in [-0.2, -0.15) is 4.31 Å². The Kier molecular flexibility index (Phi) is 6.29. The number of methoxy groups -OCH3 is 1. The summed E-state index contributed by atoms with van der Waals surface area (Å²) in [5, 5.41) is 6.55. The van der Waals surface area contributed by atoms with Crippen LogP contribution in [-0.4, -0.2) is 44.0 Å². The SMILES string of the molecule is COc1ccc(-c2cc(C(=O)Nc3ccc(S(=O)(=O)N4CCC[C@H](C)C4)cc3)no2)cc1. The summed E-state index contributed by atoms with van der Waals surface area (Å²) in [6, 6.07) is 14.9. The topological polar surface area (TPSA) is 102 Å². The molecular weight excluding hydrogens is 430 g/mol. The van der Waals surface area contributed by atoms with E-state index in [2.05, 4.69) is 17.4 Å². The van der Waals surface area contributed by atoms with Crippen LogP contribution in [0.1, 0.15) is 30.3 Å². The second-order valence-electron chi connectivity index (χ2n) is 7.89. The van der Waals surface area contributed by atoms with E-state index >= 15 is 0 Å². The van der Waals surface area contributed by atoms with Crippen molar-refractivity contribution >= 4 is 21.6 Å². The van der Waals surface area contributed by atoms with E-state index in [-0.39, 0.29) is 10.6 Å². The minimum atomic E-state index is -3.54. The number of carbonyl (C=O) groups is 1. The number of carbonyl (C=O) groups excluding carboxylic acids is 1. The van der Waals surface area contributed by atoms with Gasteiger partial charge in [0.25, 0.3) is 5.91 Å². The number of nitrogens with zero attached hydrogens (tertiary/aromatic N) is 2. The number of hydrogen-bond donors (Lipinski definition) is 1.